The van der Waals surface area contributed by atoms with Crippen molar-refractivity contribution in [2.45, 2.75) is 13.0 Å². The molecule has 1 aliphatic heterocycles. The maximum absolute atomic E-state index is 13.0. The van der Waals surface area contributed by atoms with Gasteiger partial charge in [0.05, 0.1) is 11.6 Å². The lowest BCUT2D eigenvalue weighted by Gasteiger charge is -2.35. The van der Waals surface area contributed by atoms with E-state index in [2.05, 4.69) is 5.32 Å². The summed E-state index contributed by atoms with van der Waals surface area (Å²) in [6, 6.07) is 23.2. The van der Waals surface area contributed by atoms with Crippen LogP contribution in [0.1, 0.15) is 27.9 Å². The maximum Gasteiger partial charge on any atom is 0.324 e. The largest absolute Gasteiger partial charge is 0.324 e. The fourth-order valence-electron chi connectivity index (χ4n) is 3.64. The molecule has 0 saturated carbocycles. The Morgan fingerprint density at radius 3 is 2.50 bits per heavy atom. The first kappa shape index (κ1) is 21.4. The quantitative estimate of drug-likeness (QED) is 0.580. The zero-order valence-electron chi connectivity index (χ0n) is 17.3. The summed E-state index contributed by atoms with van der Waals surface area (Å²) in [6.45, 7) is 1.87. The molecule has 0 bridgehead atoms. The van der Waals surface area contributed by atoms with Gasteiger partial charge in [0.25, 0.3) is 5.91 Å². The topological polar surface area (TPSA) is 76.4 Å². The van der Waals surface area contributed by atoms with Crippen molar-refractivity contribution in [3.8, 4) is 6.07 Å². The lowest BCUT2D eigenvalue weighted by atomic mass is 10.1. The smallest absolute Gasteiger partial charge is 0.322 e. The number of anilines is 2. The molecule has 160 valence electrons. The molecular weight excluding hydrogens is 424 g/mol. The van der Waals surface area contributed by atoms with E-state index in [0.717, 1.165) is 17.7 Å². The van der Waals surface area contributed by atoms with Crippen LogP contribution in [0.15, 0.2) is 72.8 Å². The van der Waals surface area contributed by atoms with Crippen LogP contribution < -0.4 is 10.2 Å². The second-order valence-electron chi connectivity index (χ2n) is 7.53. The Morgan fingerprint density at radius 2 is 1.78 bits per heavy atom. The van der Waals surface area contributed by atoms with Crippen molar-refractivity contribution in [1.29, 1.82) is 5.26 Å². The number of halogens is 1. The summed E-state index contributed by atoms with van der Waals surface area (Å²) in [7, 11) is 0. The third-order valence-corrected chi connectivity index (χ3v) is 5.54. The highest BCUT2D eigenvalue weighted by Crippen LogP contribution is 2.24. The van der Waals surface area contributed by atoms with Crippen LogP contribution >= 0.6 is 11.6 Å². The van der Waals surface area contributed by atoms with Gasteiger partial charge in [-0.2, -0.15) is 5.26 Å². The number of hydrogen-bond donors (Lipinski definition) is 1. The van der Waals surface area contributed by atoms with Gasteiger partial charge in [-0.25, -0.2) is 4.79 Å². The minimum atomic E-state index is -0.293. The minimum Gasteiger partial charge on any atom is -0.322 e. The Morgan fingerprint density at radius 1 is 1.03 bits per heavy atom. The van der Waals surface area contributed by atoms with Gasteiger partial charge in [-0.05, 0) is 66.6 Å². The van der Waals surface area contributed by atoms with Crippen LogP contribution in [0.5, 0.6) is 0 Å². The summed E-state index contributed by atoms with van der Waals surface area (Å²) in [6.07, 6.45) is 0.868. The number of nitrogens with zero attached hydrogens (tertiary/aromatic N) is 3. The van der Waals surface area contributed by atoms with Gasteiger partial charge in [0.15, 0.2) is 0 Å². The van der Waals surface area contributed by atoms with Crippen LogP contribution in [0.3, 0.4) is 0 Å². The molecule has 1 heterocycles. The van der Waals surface area contributed by atoms with E-state index in [-0.39, 0.29) is 11.9 Å². The molecule has 7 heteroatoms. The van der Waals surface area contributed by atoms with Crippen molar-refractivity contribution in [2.24, 2.45) is 0 Å². The number of carbonyl (C=O) groups is 2. The average Bonchev–Trinajstić information content (AvgIpc) is 2.82. The zero-order chi connectivity index (χ0) is 22.5. The number of carbonyl (C=O) groups excluding carboxylic acids is 2. The molecule has 0 atom stereocenters. The SMILES string of the molecule is N#Cc1cccc(C(=O)Nc2ccc(N3CCCN(Cc4ccc(Cl)cc4)C3=O)cc2)c1. The van der Waals surface area contributed by atoms with Gasteiger partial charge in [-0.15, -0.1) is 0 Å². The third kappa shape index (κ3) is 4.90. The summed E-state index contributed by atoms with van der Waals surface area (Å²) < 4.78 is 0. The number of urea groups is 1. The summed E-state index contributed by atoms with van der Waals surface area (Å²) in [5.41, 5.74) is 3.27. The number of benzene rings is 3. The number of amides is 3. The van der Waals surface area contributed by atoms with Crippen LogP contribution in [0.2, 0.25) is 5.02 Å². The Kier molecular flexibility index (Phi) is 6.39. The first-order valence-electron chi connectivity index (χ1n) is 10.3. The average molecular weight is 445 g/mol. The van der Waals surface area contributed by atoms with Gasteiger partial charge in [-0.3, -0.25) is 9.69 Å². The van der Waals surface area contributed by atoms with Crippen LogP contribution in [0, 0.1) is 11.3 Å². The third-order valence-electron chi connectivity index (χ3n) is 5.29. The fraction of sp³-hybridized carbons (Fsp3) is 0.160. The van der Waals surface area contributed by atoms with Crippen molar-refractivity contribution in [3.05, 3.63) is 94.5 Å². The molecule has 0 spiro atoms. The zero-order valence-corrected chi connectivity index (χ0v) is 18.0. The van der Waals surface area contributed by atoms with E-state index in [1.807, 2.05) is 47.4 Å². The van der Waals surface area contributed by atoms with E-state index < -0.39 is 0 Å². The van der Waals surface area contributed by atoms with Crippen molar-refractivity contribution < 1.29 is 9.59 Å². The summed E-state index contributed by atoms with van der Waals surface area (Å²) in [5, 5.41) is 12.5. The van der Waals surface area contributed by atoms with Crippen molar-refractivity contribution in [2.75, 3.05) is 23.3 Å². The van der Waals surface area contributed by atoms with Gasteiger partial charge in [-0.1, -0.05) is 29.8 Å². The van der Waals surface area contributed by atoms with E-state index in [1.165, 1.54) is 0 Å². The molecular formula is C25H21ClN4O2. The molecule has 1 aliphatic rings. The summed E-state index contributed by atoms with van der Waals surface area (Å²) >= 11 is 5.95. The van der Waals surface area contributed by atoms with Crippen molar-refractivity contribution in [1.82, 2.24) is 4.90 Å². The molecule has 32 heavy (non-hydrogen) atoms. The first-order valence-corrected chi connectivity index (χ1v) is 10.6. The van der Waals surface area contributed by atoms with Crippen molar-refractivity contribution in [3.63, 3.8) is 0 Å². The predicted octanol–water partition coefficient (Wildman–Crippen LogP) is 5.30. The van der Waals surface area contributed by atoms with Crippen LogP contribution in [-0.2, 0) is 6.54 Å². The molecule has 1 fully saturated rings. The molecule has 0 aromatic heterocycles. The predicted molar refractivity (Wildman–Crippen MR) is 125 cm³/mol. The highest BCUT2D eigenvalue weighted by molar-refractivity contribution is 6.30. The molecule has 1 saturated heterocycles. The molecule has 1 N–H and O–H groups in total. The van der Waals surface area contributed by atoms with E-state index in [1.54, 1.807) is 41.3 Å². The van der Waals surface area contributed by atoms with Gasteiger partial charge in [0.2, 0.25) is 0 Å². The Hall–Kier alpha value is -3.82. The monoisotopic (exact) mass is 444 g/mol. The second-order valence-corrected chi connectivity index (χ2v) is 7.97. The molecule has 4 rings (SSSR count). The Balaban J connectivity index is 1.42. The van der Waals surface area contributed by atoms with Crippen LogP contribution in [-0.4, -0.2) is 29.9 Å². The van der Waals surface area contributed by atoms with Gasteiger partial charge in [0, 0.05) is 41.6 Å². The molecule has 3 amide bonds. The second kappa shape index (κ2) is 9.54. The normalized spacial score (nSPS) is 13.6. The molecule has 6 nitrogen and oxygen atoms in total. The molecule has 0 aliphatic carbocycles. The highest BCUT2D eigenvalue weighted by atomic mass is 35.5. The van der Waals surface area contributed by atoms with Crippen LogP contribution in [0.25, 0.3) is 0 Å². The minimum absolute atomic E-state index is 0.0451. The van der Waals surface area contributed by atoms with E-state index in [9.17, 15) is 9.59 Å². The van der Waals surface area contributed by atoms with Gasteiger partial charge >= 0.3 is 6.03 Å². The summed E-state index contributed by atoms with van der Waals surface area (Å²) in [4.78, 5) is 29.1. The number of hydrogen-bond acceptors (Lipinski definition) is 3. The van der Waals surface area contributed by atoms with E-state index in [4.69, 9.17) is 16.9 Å². The van der Waals surface area contributed by atoms with E-state index in [0.29, 0.717) is 41.5 Å². The number of nitrogens with one attached hydrogen (secondary N) is 1. The molecule has 3 aromatic rings. The van der Waals surface area contributed by atoms with E-state index >= 15 is 0 Å². The Bertz CT molecular complexity index is 1170. The number of rotatable bonds is 5. The molecule has 0 unspecified atom stereocenters. The maximum atomic E-state index is 13.0. The van der Waals surface area contributed by atoms with Gasteiger partial charge in [0.1, 0.15) is 0 Å². The number of nitriles is 1. The van der Waals surface area contributed by atoms with Gasteiger partial charge < -0.3 is 10.2 Å². The Labute approximate surface area is 191 Å². The van der Waals surface area contributed by atoms with Crippen LogP contribution in [0.4, 0.5) is 16.2 Å². The van der Waals surface area contributed by atoms with Crippen molar-refractivity contribution >= 4 is 34.9 Å². The highest BCUT2D eigenvalue weighted by Gasteiger charge is 2.26. The molecule has 3 aromatic carbocycles. The fourth-order valence-corrected chi connectivity index (χ4v) is 3.76. The lowest BCUT2D eigenvalue weighted by Crippen LogP contribution is -2.49. The standard InChI is InChI=1S/C25H21ClN4O2/c26-21-7-5-18(6-8-21)17-29-13-2-14-30(25(29)32)23-11-9-22(10-12-23)28-24(31)20-4-1-3-19(15-20)16-27/h1,3-12,15H,2,13-14,17H2,(H,28,31). The molecule has 0 radical (unpaired) electrons. The lowest BCUT2D eigenvalue weighted by molar-refractivity contribution is 0.102. The summed E-state index contributed by atoms with van der Waals surface area (Å²) in [5.74, 6) is -0.293. The first-order chi connectivity index (χ1) is 15.5.